The zero-order valence-electron chi connectivity index (χ0n) is 7.76. The third-order valence-electron chi connectivity index (χ3n) is 1.04. The SMILES string of the molecule is [2H]C([2H])(C#C)CCCCC(=O)O. The molecule has 0 aromatic heterocycles. The van der Waals surface area contributed by atoms with Crippen LogP contribution in [0.2, 0.25) is 0 Å². The average Bonchev–Trinajstić information content (AvgIpc) is 1.98. The summed E-state index contributed by atoms with van der Waals surface area (Å²) in [4.78, 5) is 10.1. The molecule has 0 spiro atoms. The highest BCUT2D eigenvalue weighted by Gasteiger charge is 1.94. The topological polar surface area (TPSA) is 37.3 Å². The first-order chi connectivity index (χ1) is 5.48. The van der Waals surface area contributed by atoms with Gasteiger partial charge in [0.25, 0.3) is 0 Å². The van der Waals surface area contributed by atoms with Crippen LogP contribution in [-0.2, 0) is 4.79 Å². The van der Waals surface area contributed by atoms with Crippen LogP contribution >= 0.6 is 0 Å². The van der Waals surface area contributed by atoms with Crippen molar-refractivity contribution in [1.82, 2.24) is 0 Å². The summed E-state index contributed by atoms with van der Waals surface area (Å²) >= 11 is 0. The molecule has 0 aliphatic rings. The molecule has 0 aromatic carbocycles. The molecule has 2 nitrogen and oxygen atoms in total. The molecule has 0 amide bonds. The number of carboxylic acids is 1. The maximum absolute atomic E-state index is 10.1. The molecule has 0 unspecified atom stereocenters. The summed E-state index contributed by atoms with van der Waals surface area (Å²) in [5.74, 6) is 1.16. The normalized spacial score (nSPS) is 13.1. The van der Waals surface area contributed by atoms with Crippen molar-refractivity contribution in [1.29, 1.82) is 0 Å². The average molecular weight is 142 g/mol. The van der Waals surface area contributed by atoms with Gasteiger partial charge in [-0.15, -0.1) is 12.3 Å². The molecule has 0 saturated carbocycles. The molecule has 0 heterocycles. The molecule has 0 saturated heterocycles. The van der Waals surface area contributed by atoms with Gasteiger partial charge in [-0.2, -0.15) is 0 Å². The van der Waals surface area contributed by atoms with Gasteiger partial charge >= 0.3 is 5.97 Å². The molecular formula is C8H12O2. The molecule has 0 rings (SSSR count). The molecule has 10 heavy (non-hydrogen) atoms. The van der Waals surface area contributed by atoms with Crippen LogP contribution in [0.4, 0.5) is 0 Å². The summed E-state index contributed by atoms with van der Waals surface area (Å²) in [5, 5.41) is 8.27. The summed E-state index contributed by atoms with van der Waals surface area (Å²) in [5.41, 5.74) is 0. The molecule has 0 atom stereocenters. The summed E-state index contributed by atoms with van der Waals surface area (Å²) in [6.45, 7) is 0. The Morgan fingerprint density at radius 3 is 2.80 bits per heavy atom. The summed E-state index contributed by atoms with van der Waals surface area (Å²) < 4.78 is 14.3. The van der Waals surface area contributed by atoms with Gasteiger partial charge < -0.3 is 5.11 Å². The van der Waals surface area contributed by atoms with Crippen LogP contribution in [0.15, 0.2) is 0 Å². The molecule has 0 aliphatic heterocycles. The lowest BCUT2D eigenvalue weighted by atomic mass is 10.1. The monoisotopic (exact) mass is 142 g/mol. The second kappa shape index (κ2) is 6.15. The fraction of sp³-hybridized carbons (Fsp3) is 0.625. The number of carboxylic acid groups (broad SMARTS) is 1. The Morgan fingerprint density at radius 1 is 1.60 bits per heavy atom. The Hall–Kier alpha value is -0.970. The molecule has 0 aromatic rings. The van der Waals surface area contributed by atoms with Crippen LogP contribution in [0.5, 0.6) is 0 Å². The molecule has 1 N–H and O–H groups in total. The van der Waals surface area contributed by atoms with Crippen molar-refractivity contribution in [3.63, 3.8) is 0 Å². The van der Waals surface area contributed by atoms with E-state index in [0.29, 0.717) is 12.8 Å². The predicted octanol–water partition coefficient (Wildman–Crippen LogP) is 1.65. The molecule has 0 aliphatic carbocycles. The second-order valence-corrected chi connectivity index (χ2v) is 1.92. The molecule has 0 fully saturated rings. The number of aliphatic carboxylic acids is 1. The van der Waals surface area contributed by atoms with E-state index < -0.39 is 12.3 Å². The van der Waals surface area contributed by atoms with E-state index in [0.717, 1.165) is 0 Å². The van der Waals surface area contributed by atoms with Gasteiger partial charge in [0.2, 0.25) is 0 Å². The highest BCUT2D eigenvalue weighted by Crippen LogP contribution is 2.01. The van der Waals surface area contributed by atoms with Crippen molar-refractivity contribution < 1.29 is 12.6 Å². The van der Waals surface area contributed by atoms with Gasteiger partial charge in [0, 0.05) is 15.5 Å². The number of hydrogen-bond acceptors (Lipinski definition) is 1. The number of rotatable bonds is 5. The first-order valence-electron chi connectivity index (χ1n) is 4.17. The minimum Gasteiger partial charge on any atom is -0.481 e. The fourth-order valence-electron chi connectivity index (χ4n) is 0.562. The quantitative estimate of drug-likeness (QED) is 0.468. The smallest absolute Gasteiger partial charge is 0.303 e. The molecular weight excluding hydrogens is 128 g/mol. The van der Waals surface area contributed by atoms with Crippen molar-refractivity contribution in [2.75, 3.05) is 0 Å². The first kappa shape index (κ1) is 5.79. The minimum absolute atomic E-state index is 0.0840. The van der Waals surface area contributed by atoms with E-state index in [2.05, 4.69) is 0 Å². The molecule has 56 valence electrons. The third-order valence-corrected chi connectivity index (χ3v) is 1.04. The van der Waals surface area contributed by atoms with Crippen LogP contribution < -0.4 is 0 Å². The zero-order chi connectivity index (χ0) is 9.61. The Balaban J connectivity index is 3.45. The highest BCUT2D eigenvalue weighted by molar-refractivity contribution is 5.66. The van der Waals surface area contributed by atoms with E-state index in [9.17, 15) is 4.79 Å². The molecule has 2 heteroatoms. The van der Waals surface area contributed by atoms with Gasteiger partial charge in [-0.05, 0) is 12.8 Å². The van der Waals surface area contributed by atoms with Crippen LogP contribution in [0, 0.1) is 12.3 Å². The Labute approximate surface area is 64.1 Å². The number of carbonyl (C=O) groups is 1. The van der Waals surface area contributed by atoms with Crippen molar-refractivity contribution in [3.05, 3.63) is 0 Å². The van der Waals surface area contributed by atoms with E-state index in [-0.39, 0.29) is 12.8 Å². The van der Waals surface area contributed by atoms with Gasteiger partial charge in [0.1, 0.15) is 0 Å². The lowest BCUT2D eigenvalue weighted by Gasteiger charge is -1.92. The number of hydrogen-bond donors (Lipinski definition) is 1. The lowest BCUT2D eigenvalue weighted by molar-refractivity contribution is -0.137. The Morgan fingerprint density at radius 2 is 2.30 bits per heavy atom. The van der Waals surface area contributed by atoms with E-state index >= 15 is 0 Å². The molecule has 0 radical (unpaired) electrons. The maximum atomic E-state index is 10.1. The standard InChI is InChI=1S/C8H12O2/c1-2-3-4-5-6-7-8(9)10/h1H,3-7H2,(H,9,10)/i3D2. The Kier molecular flexibility index (Phi) is 3.56. The van der Waals surface area contributed by atoms with Crippen LogP contribution in [-0.4, -0.2) is 11.1 Å². The van der Waals surface area contributed by atoms with Crippen LogP contribution in [0.25, 0.3) is 0 Å². The number of unbranched alkanes of at least 4 members (excludes halogenated alkanes) is 1. The van der Waals surface area contributed by atoms with E-state index in [1.54, 1.807) is 0 Å². The summed E-state index contributed by atoms with van der Waals surface area (Å²) in [7, 11) is 0. The third kappa shape index (κ3) is 7.03. The lowest BCUT2D eigenvalue weighted by Crippen LogP contribution is -1.93. The van der Waals surface area contributed by atoms with Gasteiger partial charge in [-0.3, -0.25) is 4.79 Å². The largest absolute Gasteiger partial charge is 0.481 e. The highest BCUT2D eigenvalue weighted by atomic mass is 16.4. The zero-order valence-corrected chi connectivity index (χ0v) is 5.76. The van der Waals surface area contributed by atoms with Gasteiger partial charge in [0.05, 0.1) is 0 Å². The summed E-state index contributed by atoms with van der Waals surface area (Å²) in [6.07, 6.45) is 4.64. The summed E-state index contributed by atoms with van der Waals surface area (Å²) in [6, 6.07) is 0. The first-order valence-corrected chi connectivity index (χ1v) is 3.17. The predicted molar refractivity (Wildman–Crippen MR) is 39.6 cm³/mol. The van der Waals surface area contributed by atoms with Crippen molar-refractivity contribution >= 4 is 5.97 Å². The molecule has 0 bridgehead atoms. The van der Waals surface area contributed by atoms with E-state index in [4.69, 9.17) is 14.3 Å². The van der Waals surface area contributed by atoms with Gasteiger partial charge in [0.15, 0.2) is 0 Å². The second-order valence-electron chi connectivity index (χ2n) is 1.92. The van der Waals surface area contributed by atoms with Crippen LogP contribution in [0.3, 0.4) is 0 Å². The van der Waals surface area contributed by atoms with Crippen LogP contribution in [0.1, 0.15) is 34.8 Å². The Bertz CT molecular complexity index is 194. The van der Waals surface area contributed by atoms with Crippen molar-refractivity contribution in [3.8, 4) is 12.3 Å². The fourth-order valence-corrected chi connectivity index (χ4v) is 0.562. The van der Waals surface area contributed by atoms with Gasteiger partial charge in [-0.25, -0.2) is 0 Å². The minimum atomic E-state index is -1.58. The van der Waals surface area contributed by atoms with E-state index in [1.165, 1.54) is 0 Å². The van der Waals surface area contributed by atoms with Crippen molar-refractivity contribution in [2.45, 2.75) is 32.1 Å². The van der Waals surface area contributed by atoms with Crippen molar-refractivity contribution in [2.24, 2.45) is 0 Å². The van der Waals surface area contributed by atoms with Gasteiger partial charge in [-0.1, -0.05) is 6.42 Å². The number of terminal acetylenes is 1. The van der Waals surface area contributed by atoms with E-state index in [1.807, 2.05) is 5.92 Å². The maximum Gasteiger partial charge on any atom is 0.303 e.